The van der Waals surface area contributed by atoms with E-state index in [2.05, 4.69) is 5.10 Å². The molecular formula is C18H18FN3O2. The number of anilines is 1. The summed E-state index contributed by atoms with van der Waals surface area (Å²) in [4.78, 5) is 0. The van der Waals surface area contributed by atoms with Crippen molar-refractivity contribution in [1.29, 1.82) is 0 Å². The molecule has 0 amide bonds. The summed E-state index contributed by atoms with van der Waals surface area (Å²) in [5, 5.41) is 4.23. The lowest BCUT2D eigenvalue weighted by molar-refractivity contribution is 0.289. The van der Waals surface area contributed by atoms with Gasteiger partial charge in [0.15, 0.2) is 11.6 Å². The smallest absolute Gasteiger partial charge is 0.178 e. The molecule has 0 radical (unpaired) electrons. The zero-order valence-electron chi connectivity index (χ0n) is 13.5. The molecule has 1 heterocycles. The molecule has 0 aliphatic carbocycles. The van der Waals surface area contributed by atoms with Crippen LogP contribution in [0.5, 0.6) is 11.5 Å². The predicted molar refractivity (Wildman–Crippen MR) is 90.3 cm³/mol. The predicted octanol–water partition coefficient (Wildman–Crippen LogP) is 3.40. The largest absolute Gasteiger partial charge is 0.496 e. The van der Waals surface area contributed by atoms with E-state index in [9.17, 15) is 4.39 Å². The Labute approximate surface area is 139 Å². The second kappa shape index (κ2) is 6.62. The first-order chi connectivity index (χ1) is 11.6. The zero-order chi connectivity index (χ0) is 17.1. The van der Waals surface area contributed by atoms with Crippen molar-refractivity contribution in [3.05, 3.63) is 59.9 Å². The number of aromatic nitrogens is 2. The molecule has 5 nitrogen and oxygen atoms in total. The van der Waals surface area contributed by atoms with E-state index in [-0.39, 0.29) is 17.9 Å². The molecule has 2 aromatic carbocycles. The van der Waals surface area contributed by atoms with Gasteiger partial charge in [-0.1, -0.05) is 30.3 Å². The first-order valence-electron chi connectivity index (χ1n) is 7.43. The Balaban J connectivity index is 1.96. The summed E-state index contributed by atoms with van der Waals surface area (Å²) < 4.78 is 27.3. The topological polar surface area (TPSA) is 62.3 Å². The fourth-order valence-corrected chi connectivity index (χ4v) is 2.40. The number of methoxy groups -OCH3 is 1. The lowest BCUT2D eigenvalue weighted by Crippen LogP contribution is -2.01. The van der Waals surface area contributed by atoms with Crippen molar-refractivity contribution >= 4 is 5.82 Å². The number of rotatable bonds is 5. The SMILES string of the molecule is COc1ccc(OCc2ccccc2)c(F)c1-c1cc(N)n(C)n1. The molecule has 24 heavy (non-hydrogen) atoms. The van der Waals surface area contributed by atoms with Crippen molar-refractivity contribution in [1.82, 2.24) is 9.78 Å². The first kappa shape index (κ1) is 15.9. The lowest BCUT2D eigenvalue weighted by Gasteiger charge is -2.12. The molecule has 0 unspecified atom stereocenters. The Morgan fingerprint density at radius 2 is 1.83 bits per heavy atom. The summed E-state index contributed by atoms with van der Waals surface area (Å²) in [5.41, 5.74) is 7.38. The minimum Gasteiger partial charge on any atom is -0.496 e. The van der Waals surface area contributed by atoms with Crippen LogP contribution in [0.15, 0.2) is 48.5 Å². The van der Waals surface area contributed by atoms with E-state index >= 15 is 0 Å². The van der Waals surface area contributed by atoms with Crippen molar-refractivity contribution in [2.45, 2.75) is 6.61 Å². The molecule has 0 saturated heterocycles. The molecule has 3 aromatic rings. The number of nitrogens with two attached hydrogens (primary N) is 1. The third-order valence-corrected chi connectivity index (χ3v) is 3.70. The van der Waals surface area contributed by atoms with Crippen LogP contribution in [0.1, 0.15) is 5.56 Å². The molecule has 0 aliphatic rings. The number of hydrogen-bond donors (Lipinski definition) is 1. The Morgan fingerprint density at radius 1 is 1.12 bits per heavy atom. The average Bonchev–Trinajstić information content (AvgIpc) is 2.93. The van der Waals surface area contributed by atoms with Crippen LogP contribution in [0.25, 0.3) is 11.3 Å². The molecule has 6 heteroatoms. The Hall–Kier alpha value is -3.02. The maximum Gasteiger partial charge on any atom is 0.178 e. The fraction of sp³-hybridized carbons (Fsp3) is 0.167. The standard InChI is InChI=1S/C18H18FN3O2/c1-22-16(20)10-13(21-22)17-14(23-2)8-9-15(18(17)19)24-11-12-6-4-3-5-7-12/h3-10H,11,20H2,1-2H3. The zero-order valence-corrected chi connectivity index (χ0v) is 13.5. The van der Waals surface area contributed by atoms with Crippen molar-refractivity contribution in [2.24, 2.45) is 7.05 Å². The second-order valence-electron chi connectivity index (χ2n) is 5.31. The minimum absolute atomic E-state index is 0.138. The van der Waals surface area contributed by atoms with E-state index in [4.69, 9.17) is 15.2 Å². The van der Waals surface area contributed by atoms with E-state index in [1.54, 1.807) is 25.2 Å². The Bertz CT molecular complexity index is 827. The van der Waals surface area contributed by atoms with E-state index in [1.165, 1.54) is 11.8 Å². The molecule has 1 aromatic heterocycles. The normalized spacial score (nSPS) is 10.6. The van der Waals surface area contributed by atoms with Crippen LogP contribution in [0.4, 0.5) is 10.2 Å². The van der Waals surface area contributed by atoms with E-state index in [0.29, 0.717) is 17.3 Å². The van der Waals surface area contributed by atoms with Crippen molar-refractivity contribution in [3.63, 3.8) is 0 Å². The molecule has 2 N–H and O–H groups in total. The maximum absolute atomic E-state index is 15.0. The summed E-state index contributed by atoms with van der Waals surface area (Å²) in [6, 6.07) is 14.4. The Morgan fingerprint density at radius 3 is 2.46 bits per heavy atom. The first-order valence-corrected chi connectivity index (χ1v) is 7.43. The van der Waals surface area contributed by atoms with Crippen molar-refractivity contribution in [2.75, 3.05) is 12.8 Å². The third-order valence-electron chi connectivity index (χ3n) is 3.70. The highest BCUT2D eigenvalue weighted by Crippen LogP contribution is 2.37. The van der Waals surface area contributed by atoms with Gasteiger partial charge in [-0.15, -0.1) is 0 Å². The number of hydrogen-bond acceptors (Lipinski definition) is 4. The second-order valence-corrected chi connectivity index (χ2v) is 5.31. The molecule has 0 fully saturated rings. The molecule has 0 spiro atoms. The molecule has 3 rings (SSSR count). The van der Waals surface area contributed by atoms with Gasteiger partial charge >= 0.3 is 0 Å². The summed E-state index contributed by atoms with van der Waals surface area (Å²) in [7, 11) is 3.17. The van der Waals surface area contributed by atoms with Gasteiger partial charge in [0.1, 0.15) is 23.9 Å². The quantitative estimate of drug-likeness (QED) is 0.780. The number of benzene rings is 2. The van der Waals surface area contributed by atoms with Crippen molar-refractivity contribution < 1.29 is 13.9 Å². The molecule has 0 saturated carbocycles. The summed E-state index contributed by atoms with van der Waals surface area (Å²) in [6.07, 6.45) is 0. The highest BCUT2D eigenvalue weighted by molar-refractivity contribution is 5.71. The highest BCUT2D eigenvalue weighted by Gasteiger charge is 2.20. The van der Waals surface area contributed by atoms with E-state index in [1.807, 2.05) is 30.3 Å². The fourth-order valence-electron chi connectivity index (χ4n) is 2.40. The van der Waals surface area contributed by atoms with Gasteiger partial charge in [-0.3, -0.25) is 4.68 Å². The van der Waals surface area contributed by atoms with E-state index < -0.39 is 5.82 Å². The van der Waals surface area contributed by atoms with Crippen LogP contribution in [0.3, 0.4) is 0 Å². The van der Waals surface area contributed by atoms with Gasteiger partial charge in [-0.25, -0.2) is 4.39 Å². The van der Waals surface area contributed by atoms with Gasteiger partial charge in [0.25, 0.3) is 0 Å². The number of aryl methyl sites for hydroxylation is 1. The molecule has 0 atom stereocenters. The minimum atomic E-state index is -0.525. The lowest BCUT2D eigenvalue weighted by atomic mass is 10.1. The van der Waals surface area contributed by atoms with Gasteiger partial charge in [-0.05, 0) is 17.7 Å². The molecule has 124 valence electrons. The average molecular weight is 327 g/mol. The van der Waals surface area contributed by atoms with Crippen LogP contribution >= 0.6 is 0 Å². The number of nitrogen functional groups attached to an aromatic ring is 1. The van der Waals surface area contributed by atoms with Crippen LogP contribution in [0.2, 0.25) is 0 Å². The van der Waals surface area contributed by atoms with E-state index in [0.717, 1.165) is 5.56 Å². The number of ether oxygens (including phenoxy) is 2. The van der Waals surface area contributed by atoms with Gasteiger partial charge in [0, 0.05) is 13.1 Å². The maximum atomic E-state index is 15.0. The van der Waals surface area contributed by atoms with Gasteiger partial charge in [-0.2, -0.15) is 5.10 Å². The molecule has 0 aliphatic heterocycles. The van der Waals surface area contributed by atoms with Gasteiger partial charge in [0.05, 0.1) is 12.7 Å². The van der Waals surface area contributed by atoms with Gasteiger partial charge < -0.3 is 15.2 Å². The van der Waals surface area contributed by atoms with Crippen LogP contribution < -0.4 is 15.2 Å². The van der Waals surface area contributed by atoms with Crippen LogP contribution in [-0.2, 0) is 13.7 Å². The van der Waals surface area contributed by atoms with Crippen LogP contribution in [0, 0.1) is 5.82 Å². The molecular weight excluding hydrogens is 309 g/mol. The monoisotopic (exact) mass is 327 g/mol. The highest BCUT2D eigenvalue weighted by atomic mass is 19.1. The number of halogens is 1. The number of nitrogens with zero attached hydrogens (tertiary/aromatic N) is 2. The van der Waals surface area contributed by atoms with Gasteiger partial charge in [0.2, 0.25) is 0 Å². The summed E-state index contributed by atoms with van der Waals surface area (Å²) in [6.45, 7) is 0.272. The van der Waals surface area contributed by atoms with Crippen molar-refractivity contribution in [3.8, 4) is 22.8 Å². The van der Waals surface area contributed by atoms with Crippen LogP contribution in [-0.4, -0.2) is 16.9 Å². The summed E-state index contributed by atoms with van der Waals surface area (Å²) in [5.74, 6) is 0.418. The molecule has 0 bridgehead atoms. The Kier molecular flexibility index (Phi) is 4.37. The third kappa shape index (κ3) is 3.03. The summed E-state index contributed by atoms with van der Waals surface area (Å²) >= 11 is 0.